The molecule has 1 rings (SSSR count). The summed E-state index contributed by atoms with van der Waals surface area (Å²) < 4.78 is 0. The van der Waals surface area contributed by atoms with E-state index in [-0.39, 0.29) is 0 Å². The molecule has 1 aliphatic heterocycles. The predicted octanol–water partition coefficient (Wildman–Crippen LogP) is 2.60. The van der Waals surface area contributed by atoms with Gasteiger partial charge in [-0.3, -0.25) is 0 Å². The molecule has 68 valence electrons. The lowest BCUT2D eigenvalue weighted by Gasteiger charge is -2.25. The van der Waals surface area contributed by atoms with Crippen LogP contribution in [0, 0.1) is 0 Å². The molecule has 0 aromatic rings. The zero-order valence-corrected chi connectivity index (χ0v) is 7.84. The average molecular weight is 165 g/mol. The number of hydrogen-bond donors (Lipinski definition) is 0. The Bertz CT molecular complexity index is 143. The Morgan fingerprint density at radius 1 is 1.17 bits per heavy atom. The lowest BCUT2D eigenvalue weighted by molar-refractivity contribution is 0.233. The molecule has 1 saturated heterocycles. The SMILES string of the molecule is C=C/C=C/CCN1CCCCC1. The topological polar surface area (TPSA) is 3.24 Å². The van der Waals surface area contributed by atoms with E-state index in [4.69, 9.17) is 0 Å². The fraction of sp³-hybridized carbons (Fsp3) is 0.636. The van der Waals surface area contributed by atoms with E-state index in [0.717, 1.165) is 0 Å². The van der Waals surface area contributed by atoms with E-state index in [1.807, 2.05) is 12.2 Å². The first-order valence-corrected chi connectivity index (χ1v) is 4.93. The lowest BCUT2D eigenvalue weighted by atomic mass is 10.1. The molecule has 0 aromatic heterocycles. The molecule has 1 aliphatic rings. The normalized spacial score (nSPS) is 20.0. The highest BCUT2D eigenvalue weighted by Crippen LogP contribution is 2.08. The number of hydrogen-bond acceptors (Lipinski definition) is 1. The lowest BCUT2D eigenvalue weighted by Crippen LogP contribution is -2.30. The van der Waals surface area contributed by atoms with Crippen molar-refractivity contribution in [2.24, 2.45) is 0 Å². The number of rotatable bonds is 4. The van der Waals surface area contributed by atoms with E-state index < -0.39 is 0 Å². The fourth-order valence-corrected chi connectivity index (χ4v) is 1.63. The van der Waals surface area contributed by atoms with E-state index >= 15 is 0 Å². The van der Waals surface area contributed by atoms with E-state index in [1.165, 1.54) is 45.3 Å². The van der Waals surface area contributed by atoms with Crippen molar-refractivity contribution in [2.75, 3.05) is 19.6 Å². The summed E-state index contributed by atoms with van der Waals surface area (Å²) in [5.41, 5.74) is 0. The molecule has 0 unspecified atom stereocenters. The molecular weight excluding hydrogens is 146 g/mol. The molecule has 1 heterocycles. The van der Waals surface area contributed by atoms with Gasteiger partial charge < -0.3 is 4.90 Å². The van der Waals surface area contributed by atoms with Gasteiger partial charge in [0, 0.05) is 6.54 Å². The molecule has 1 nitrogen and oxygen atoms in total. The van der Waals surface area contributed by atoms with Crippen molar-refractivity contribution in [3.63, 3.8) is 0 Å². The minimum absolute atomic E-state index is 1.17. The first-order chi connectivity index (χ1) is 5.93. The van der Waals surface area contributed by atoms with Crippen LogP contribution in [0.1, 0.15) is 25.7 Å². The molecule has 0 bridgehead atoms. The molecule has 0 aromatic carbocycles. The van der Waals surface area contributed by atoms with Crippen molar-refractivity contribution in [3.05, 3.63) is 24.8 Å². The second-order valence-corrected chi connectivity index (χ2v) is 3.35. The molecule has 0 spiro atoms. The third-order valence-corrected chi connectivity index (χ3v) is 2.33. The van der Waals surface area contributed by atoms with Crippen molar-refractivity contribution in [1.29, 1.82) is 0 Å². The summed E-state index contributed by atoms with van der Waals surface area (Å²) in [7, 11) is 0. The second-order valence-electron chi connectivity index (χ2n) is 3.35. The largest absolute Gasteiger partial charge is 0.303 e. The van der Waals surface area contributed by atoms with Crippen molar-refractivity contribution < 1.29 is 0 Å². The Kier molecular flexibility index (Phi) is 4.77. The number of piperidine rings is 1. The Morgan fingerprint density at radius 2 is 1.92 bits per heavy atom. The Labute approximate surface area is 75.8 Å². The van der Waals surface area contributed by atoms with Gasteiger partial charge in [0.1, 0.15) is 0 Å². The maximum absolute atomic E-state index is 3.64. The highest BCUT2D eigenvalue weighted by atomic mass is 15.1. The summed E-state index contributed by atoms with van der Waals surface area (Å²) >= 11 is 0. The maximum Gasteiger partial charge on any atom is 0.00160 e. The molecule has 0 saturated carbocycles. The van der Waals surface area contributed by atoms with Crippen LogP contribution in [0.4, 0.5) is 0 Å². The van der Waals surface area contributed by atoms with Crippen molar-refractivity contribution >= 4 is 0 Å². The molecule has 0 radical (unpaired) electrons. The van der Waals surface area contributed by atoms with Gasteiger partial charge in [-0.15, -0.1) is 0 Å². The highest BCUT2D eigenvalue weighted by molar-refractivity contribution is 4.97. The predicted molar refractivity (Wildman–Crippen MR) is 54.2 cm³/mol. The van der Waals surface area contributed by atoms with E-state index in [0.29, 0.717) is 0 Å². The van der Waals surface area contributed by atoms with Crippen LogP contribution in [0.2, 0.25) is 0 Å². The Hall–Kier alpha value is -0.560. The van der Waals surface area contributed by atoms with Crippen LogP contribution in [-0.4, -0.2) is 24.5 Å². The van der Waals surface area contributed by atoms with Crippen LogP contribution in [0.5, 0.6) is 0 Å². The minimum Gasteiger partial charge on any atom is -0.303 e. The summed E-state index contributed by atoms with van der Waals surface area (Å²) in [5.74, 6) is 0. The minimum atomic E-state index is 1.17. The standard InChI is InChI=1S/C11H19N/c1-2-3-4-6-9-12-10-7-5-8-11-12/h2-4H,1,5-11H2/b4-3+. The Morgan fingerprint density at radius 3 is 2.58 bits per heavy atom. The van der Waals surface area contributed by atoms with Gasteiger partial charge >= 0.3 is 0 Å². The maximum atomic E-state index is 3.64. The van der Waals surface area contributed by atoms with E-state index in [9.17, 15) is 0 Å². The molecule has 0 amide bonds. The molecule has 1 heteroatoms. The zero-order valence-electron chi connectivity index (χ0n) is 7.84. The van der Waals surface area contributed by atoms with Gasteiger partial charge in [-0.1, -0.05) is 31.2 Å². The summed E-state index contributed by atoms with van der Waals surface area (Å²) in [6.45, 7) is 7.49. The van der Waals surface area contributed by atoms with Crippen LogP contribution < -0.4 is 0 Å². The van der Waals surface area contributed by atoms with Crippen LogP contribution in [0.15, 0.2) is 24.8 Å². The summed E-state index contributed by atoms with van der Waals surface area (Å²) in [6, 6.07) is 0. The average Bonchev–Trinajstić information content (AvgIpc) is 2.14. The Balaban J connectivity index is 2.05. The van der Waals surface area contributed by atoms with Gasteiger partial charge in [0.25, 0.3) is 0 Å². The fourth-order valence-electron chi connectivity index (χ4n) is 1.63. The first kappa shape index (κ1) is 9.53. The zero-order chi connectivity index (χ0) is 8.65. The summed E-state index contributed by atoms with van der Waals surface area (Å²) in [6.07, 6.45) is 11.5. The third-order valence-electron chi connectivity index (χ3n) is 2.33. The van der Waals surface area contributed by atoms with Gasteiger partial charge in [0.2, 0.25) is 0 Å². The highest BCUT2D eigenvalue weighted by Gasteiger charge is 2.07. The van der Waals surface area contributed by atoms with Gasteiger partial charge in [-0.05, 0) is 32.4 Å². The number of allylic oxidation sites excluding steroid dienone is 2. The quantitative estimate of drug-likeness (QED) is 0.579. The van der Waals surface area contributed by atoms with Gasteiger partial charge in [0.15, 0.2) is 0 Å². The molecule has 1 fully saturated rings. The molecule has 0 atom stereocenters. The number of nitrogens with zero attached hydrogens (tertiary/aromatic N) is 1. The van der Waals surface area contributed by atoms with Crippen LogP contribution >= 0.6 is 0 Å². The van der Waals surface area contributed by atoms with Crippen LogP contribution in [-0.2, 0) is 0 Å². The van der Waals surface area contributed by atoms with E-state index in [2.05, 4.69) is 17.6 Å². The second kappa shape index (κ2) is 6.01. The first-order valence-electron chi connectivity index (χ1n) is 4.93. The molecular formula is C11H19N. The van der Waals surface area contributed by atoms with E-state index in [1.54, 1.807) is 0 Å². The smallest absolute Gasteiger partial charge is 0.00160 e. The van der Waals surface area contributed by atoms with Gasteiger partial charge in [0.05, 0.1) is 0 Å². The molecule has 0 aliphatic carbocycles. The molecule has 12 heavy (non-hydrogen) atoms. The van der Waals surface area contributed by atoms with Crippen LogP contribution in [0.3, 0.4) is 0 Å². The van der Waals surface area contributed by atoms with Gasteiger partial charge in [-0.25, -0.2) is 0 Å². The summed E-state index contributed by atoms with van der Waals surface area (Å²) in [4.78, 5) is 2.55. The molecule has 0 N–H and O–H groups in total. The van der Waals surface area contributed by atoms with Crippen molar-refractivity contribution in [3.8, 4) is 0 Å². The van der Waals surface area contributed by atoms with Crippen LogP contribution in [0.25, 0.3) is 0 Å². The third kappa shape index (κ3) is 3.72. The van der Waals surface area contributed by atoms with Gasteiger partial charge in [-0.2, -0.15) is 0 Å². The van der Waals surface area contributed by atoms with Crippen molar-refractivity contribution in [2.45, 2.75) is 25.7 Å². The van der Waals surface area contributed by atoms with Crippen molar-refractivity contribution in [1.82, 2.24) is 4.90 Å². The monoisotopic (exact) mass is 165 g/mol. The number of likely N-dealkylation sites (tertiary alicyclic amines) is 1. The summed E-state index contributed by atoms with van der Waals surface area (Å²) in [5, 5.41) is 0.